The predicted octanol–water partition coefficient (Wildman–Crippen LogP) is 4.08. The number of carbonyl (C=O) groups is 1. The summed E-state index contributed by atoms with van der Waals surface area (Å²) in [5.74, 6) is 1.27. The van der Waals surface area contributed by atoms with Crippen molar-refractivity contribution in [3.05, 3.63) is 52.1 Å². The summed E-state index contributed by atoms with van der Waals surface area (Å²) >= 11 is 0. The number of hydrogen-bond donors (Lipinski definition) is 0. The highest BCUT2D eigenvalue weighted by Crippen LogP contribution is 2.26. The van der Waals surface area contributed by atoms with Crippen LogP contribution in [0.1, 0.15) is 18.4 Å². The second kappa shape index (κ2) is 10.9. The average molecular weight is 412 g/mol. The van der Waals surface area contributed by atoms with Gasteiger partial charge in [0.15, 0.2) is 0 Å². The second-order valence-electron chi connectivity index (χ2n) is 5.56. The summed E-state index contributed by atoms with van der Waals surface area (Å²) < 4.78 is 10.5. The Morgan fingerprint density at radius 1 is 1.11 bits per heavy atom. The zero-order valence-corrected chi connectivity index (χ0v) is 16.7. The summed E-state index contributed by atoms with van der Waals surface area (Å²) in [6.07, 6.45) is 0. The van der Waals surface area contributed by atoms with Gasteiger partial charge in [-0.2, -0.15) is 0 Å². The Morgan fingerprint density at radius 2 is 1.78 bits per heavy atom. The van der Waals surface area contributed by atoms with E-state index in [9.17, 15) is 14.9 Å². The SMILES string of the molecule is COc1ccc2cc([C@H](C)C(=O)OCCSSCCO[N+](=O)[O-])ccc2c1. The molecule has 9 heteroatoms. The van der Waals surface area contributed by atoms with E-state index in [1.165, 1.54) is 21.6 Å². The van der Waals surface area contributed by atoms with Crippen LogP contribution in [0.25, 0.3) is 10.8 Å². The first-order valence-corrected chi connectivity index (χ1v) is 10.8. The van der Waals surface area contributed by atoms with Gasteiger partial charge >= 0.3 is 5.97 Å². The molecule has 0 bridgehead atoms. The maximum absolute atomic E-state index is 12.2. The van der Waals surface area contributed by atoms with Crippen molar-refractivity contribution in [2.45, 2.75) is 12.8 Å². The molecule has 0 fully saturated rings. The fourth-order valence-corrected chi connectivity index (χ4v) is 3.98. The van der Waals surface area contributed by atoms with E-state index in [0.29, 0.717) is 18.1 Å². The standard InChI is InChI=1S/C18H21NO6S2/c1-13(18(20)24-7-9-26-27-10-8-25-19(21)22)14-3-4-16-12-17(23-2)6-5-15(16)11-14/h3-6,11-13H,7-10H2,1-2H3/t13-/m0/s1. The highest BCUT2D eigenvalue weighted by molar-refractivity contribution is 8.76. The zero-order valence-electron chi connectivity index (χ0n) is 15.1. The Kier molecular flexibility index (Phi) is 8.53. The monoisotopic (exact) mass is 411 g/mol. The third-order valence-electron chi connectivity index (χ3n) is 3.78. The predicted molar refractivity (Wildman–Crippen MR) is 108 cm³/mol. The molecule has 0 aromatic heterocycles. The number of benzene rings is 2. The first-order chi connectivity index (χ1) is 13.0. The first-order valence-electron chi connectivity index (χ1n) is 8.27. The molecule has 0 N–H and O–H groups in total. The molecule has 0 radical (unpaired) electrons. The van der Waals surface area contributed by atoms with Crippen LogP contribution in [0.2, 0.25) is 0 Å². The van der Waals surface area contributed by atoms with E-state index < -0.39 is 5.09 Å². The molecule has 0 spiro atoms. The minimum absolute atomic E-state index is 0.0509. The number of methoxy groups -OCH3 is 1. The average Bonchev–Trinajstić information content (AvgIpc) is 2.68. The lowest BCUT2D eigenvalue weighted by Crippen LogP contribution is -2.14. The third-order valence-corrected chi connectivity index (χ3v) is 6.12. The summed E-state index contributed by atoms with van der Waals surface area (Å²) in [5, 5.41) is 11.3. The Balaban J connectivity index is 1.76. The number of nitrogens with zero attached hydrogens (tertiary/aromatic N) is 1. The first kappa shape index (κ1) is 21.2. The van der Waals surface area contributed by atoms with E-state index in [4.69, 9.17) is 9.47 Å². The molecule has 0 unspecified atom stereocenters. The fourth-order valence-electron chi connectivity index (χ4n) is 2.34. The molecule has 0 amide bonds. The molecule has 7 nitrogen and oxygen atoms in total. The molecule has 0 saturated carbocycles. The summed E-state index contributed by atoms with van der Waals surface area (Å²) in [5.41, 5.74) is 0.900. The van der Waals surface area contributed by atoms with Crippen molar-refractivity contribution in [1.29, 1.82) is 0 Å². The van der Waals surface area contributed by atoms with Crippen LogP contribution in [0.15, 0.2) is 36.4 Å². The minimum Gasteiger partial charge on any atom is -0.497 e. The minimum atomic E-state index is -0.808. The highest BCUT2D eigenvalue weighted by atomic mass is 33.1. The van der Waals surface area contributed by atoms with Gasteiger partial charge in [0.05, 0.1) is 13.0 Å². The number of carbonyl (C=O) groups excluding carboxylic acids is 1. The molecule has 1 atom stereocenters. The van der Waals surface area contributed by atoms with Gasteiger partial charge in [0, 0.05) is 11.5 Å². The van der Waals surface area contributed by atoms with E-state index in [-0.39, 0.29) is 18.5 Å². The lowest BCUT2D eigenvalue weighted by Gasteiger charge is -2.13. The van der Waals surface area contributed by atoms with Crippen LogP contribution in [0.4, 0.5) is 0 Å². The summed E-state index contributed by atoms with van der Waals surface area (Å²) in [6.45, 7) is 2.17. The van der Waals surface area contributed by atoms with Gasteiger partial charge in [0.1, 0.15) is 19.0 Å². The van der Waals surface area contributed by atoms with Gasteiger partial charge in [-0.25, -0.2) is 0 Å². The molecule has 0 aliphatic carbocycles. The molecule has 0 aliphatic heterocycles. The Hall–Kier alpha value is -2.13. The smallest absolute Gasteiger partial charge is 0.313 e. The van der Waals surface area contributed by atoms with Crippen LogP contribution in [0.5, 0.6) is 5.75 Å². The molecule has 0 heterocycles. The quantitative estimate of drug-likeness (QED) is 0.180. The van der Waals surface area contributed by atoms with Gasteiger partial charge in [-0.05, 0) is 35.4 Å². The van der Waals surface area contributed by atoms with E-state index in [1.54, 1.807) is 7.11 Å². The molecule has 2 rings (SSSR count). The van der Waals surface area contributed by atoms with Crippen molar-refractivity contribution in [3.63, 3.8) is 0 Å². The normalized spacial score (nSPS) is 11.8. The Labute approximate surface area is 165 Å². The highest BCUT2D eigenvalue weighted by Gasteiger charge is 2.17. The molecular formula is C18H21NO6S2. The summed E-state index contributed by atoms with van der Waals surface area (Å²) in [6, 6.07) is 11.7. The van der Waals surface area contributed by atoms with Crippen molar-refractivity contribution < 1.29 is 24.2 Å². The maximum Gasteiger partial charge on any atom is 0.313 e. The van der Waals surface area contributed by atoms with Crippen molar-refractivity contribution in [2.75, 3.05) is 31.8 Å². The van der Waals surface area contributed by atoms with Gasteiger partial charge in [0.2, 0.25) is 0 Å². The van der Waals surface area contributed by atoms with E-state index >= 15 is 0 Å². The van der Waals surface area contributed by atoms with E-state index in [1.807, 2.05) is 43.3 Å². The van der Waals surface area contributed by atoms with Gasteiger partial charge in [-0.1, -0.05) is 45.9 Å². The lowest BCUT2D eigenvalue weighted by atomic mass is 9.98. The lowest BCUT2D eigenvalue weighted by molar-refractivity contribution is -0.756. The van der Waals surface area contributed by atoms with Crippen LogP contribution in [0, 0.1) is 10.1 Å². The molecule has 0 aliphatic rings. The van der Waals surface area contributed by atoms with Crippen LogP contribution < -0.4 is 4.74 Å². The molecular weight excluding hydrogens is 390 g/mol. The number of fused-ring (bicyclic) bond motifs is 1. The van der Waals surface area contributed by atoms with Crippen LogP contribution in [0.3, 0.4) is 0 Å². The molecule has 0 saturated heterocycles. The van der Waals surface area contributed by atoms with E-state index in [2.05, 4.69) is 4.84 Å². The third kappa shape index (κ3) is 6.84. The van der Waals surface area contributed by atoms with Crippen molar-refractivity contribution in [3.8, 4) is 5.75 Å². The van der Waals surface area contributed by atoms with Gasteiger partial charge in [-0.3, -0.25) is 4.79 Å². The van der Waals surface area contributed by atoms with Crippen molar-refractivity contribution in [1.82, 2.24) is 0 Å². The van der Waals surface area contributed by atoms with Gasteiger partial charge in [0.25, 0.3) is 5.09 Å². The van der Waals surface area contributed by atoms with Gasteiger partial charge in [-0.15, -0.1) is 10.1 Å². The molecule has 2 aromatic carbocycles. The number of ether oxygens (including phenoxy) is 2. The second-order valence-corrected chi connectivity index (χ2v) is 8.26. The van der Waals surface area contributed by atoms with Gasteiger partial charge < -0.3 is 14.3 Å². The Bertz CT molecular complexity index is 786. The number of hydrogen-bond acceptors (Lipinski definition) is 8. The van der Waals surface area contributed by atoms with Crippen molar-refractivity contribution >= 4 is 38.3 Å². The van der Waals surface area contributed by atoms with Crippen molar-refractivity contribution in [2.24, 2.45) is 0 Å². The zero-order chi connectivity index (χ0) is 19.6. The fraction of sp³-hybridized carbons (Fsp3) is 0.389. The maximum atomic E-state index is 12.2. The van der Waals surface area contributed by atoms with E-state index in [0.717, 1.165) is 22.1 Å². The number of esters is 1. The molecule has 27 heavy (non-hydrogen) atoms. The Morgan fingerprint density at radius 3 is 2.48 bits per heavy atom. The van der Waals surface area contributed by atoms with Crippen LogP contribution in [-0.4, -0.2) is 42.9 Å². The largest absolute Gasteiger partial charge is 0.497 e. The number of rotatable bonds is 11. The molecule has 2 aromatic rings. The van der Waals surface area contributed by atoms with Crippen LogP contribution in [-0.2, 0) is 14.4 Å². The topological polar surface area (TPSA) is 87.9 Å². The van der Waals surface area contributed by atoms with Crippen LogP contribution >= 0.6 is 21.6 Å². The molecule has 146 valence electrons. The summed E-state index contributed by atoms with van der Waals surface area (Å²) in [7, 11) is 4.56. The summed E-state index contributed by atoms with van der Waals surface area (Å²) in [4.78, 5) is 26.4.